The lowest BCUT2D eigenvalue weighted by atomic mass is 10.2. The summed E-state index contributed by atoms with van der Waals surface area (Å²) in [5, 5.41) is 11.1. The van der Waals surface area contributed by atoms with Gasteiger partial charge in [-0.25, -0.2) is 9.97 Å². The van der Waals surface area contributed by atoms with Crippen molar-refractivity contribution in [3.63, 3.8) is 0 Å². The highest BCUT2D eigenvalue weighted by Crippen LogP contribution is 2.39. The van der Waals surface area contributed by atoms with E-state index in [0.29, 0.717) is 28.8 Å². The maximum atomic E-state index is 12.9. The summed E-state index contributed by atoms with van der Waals surface area (Å²) in [4.78, 5) is 21.9. The van der Waals surface area contributed by atoms with Gasteiger partial charge in [0.1, 0.15) is 17.8 Å². The Morgan fingerprint density at radius 3 is 2.77 bits per heavy atom. The normalized spacial score (nSPS) is 13.5. The lowest BCUT2D eigenvalue weighted by Gasteiger charge is -2.11. The van der Waals surface area contributed by atoms with Gasteiger partial charge in [0.05, 0.1) is 12.0 Å². The number of pyridine rings is 1. The van der Waals surface area contributed by atoms with Gasteiger partial charge in [0, 0.05) is 29.4 Å². The van der Waals surface area contributed by atoms with Crippen molar-refractivity contribution < 1.29 is 4.79 Å². The standard InChI is InChI=1S/C23H23N7O/c1-15(2)30-14-25-28-22(30)19-7-4-8-21(26-19)27-23(31)17-5-3-6-18(11-17)29-12-20(24-13-29)16-9-10-16/h3-8,11-16H,9-10H2,1-2H3,(H,26,27,31). The van der Waals surface area contributed by atoms with Crippen LogP contribution in [0, 0.1) is 0 Å². The van der Waals surface area contributed by atoms with Crippen LogP contribution in [0.2, 0.25) is 0 Å². The van der Waals surface area contributed by atoms with Gasteiger partial charge < -0.3 is 14.5 Å². The van der Waals surface area contributed by atoms with Crippen LogP contribution in [0.4, 0.5) is 5.82 Å². The van der Waals surface area contributed by atoms with Gasteiger partial charge in [-0.3, -0.25) is 4.79 Å². The van der Waals surface area contributed by atoms with Gasteiger partial charge >= 0.3 is 0 Å². The van der Waals surface area contributed by atoms with Crippen LogP contribution in [0.1, 0.15) is 54.7 Å². The first kappa shape index (κ1) is 19.2. The number of benzene rings is 1. The molecule has 4 aromatic rings. The first-order valence-corrected chi connectivity index (χ1v) is 10.4. The fraction of sp³-hybridized carbons (Fsp3) is 0.261. The molecule has 0 aliphatic heterocycles. The lowest BCUT2D eigenvalue weighted by Crippen LogP contribution is -2.13. The molecule has 8 nitrogen and oxygen atoms in total. The van der Waals surface area contributed by atoms with E-state index in [9.17, 15) is 4.79 Å². The maximum Gasteiger partial charge on any atom is 0.256 e. The fourth-order valence-corrected chi connectivity index (χ4v) is 3.50. The van der Waals surface area contributed by atoms with Crippen molar-refractivity contribution in [3.8, 4) is 17.2 Å². The molecule has 156 valence electrons. The molecular weight excluding hydrogens is 390 g/mol. The fourth-order valence-electron chi connectivity index (χ4n) is 3.50. The molecule has 5 rings (SSSR count). The molecule has 8 heteroatoms. The Balaban J connectivity index is 1.36. The molecule has 0 bridgehead atoms. The molecule has 0 atom stereocenters. The minimum atomic E-state index is -0.223. The molecule has 3 heterocycles. The van der Waals surface area contributed by atoms with Gasteiger partial charge in [0.2, 0.25) is 0 Å². The Labute approximate surface area is 180 Å². The topological polar surface area (TPSA) is 90.5 Å². The van der Waals surface area contributed by atoms with Crippen LogP contribution >= 0.6 is 0 Å². The minimum Gasteiger partial charge on any atom is -0.310 e. The molecule has 31 heavy (non-hydrogen) atoms. The van der Waals surface area contributed by atoms with E-state index >= 15 is 0 Å². The van der Waals surface area contributed by atoms with Gasteiger partial charge in [-0.1, -0.05) is 12.1 Å². The zero-order chi connectivity index (χ0) is 21.4. The van der Waals surface area contributed by atoms with E-state index < -0.39 is 0 Å². The number of nitrogens with zero attached hydrogens (tertiary/aromatic N) is 6. The molecule has 0 spiro atoms. The van der Waals surface area contributed by atoms with Crippen LogP contribution in [-0.4, -0.2) is 35.2 Å². The molecule has 1 aliphatic carbocycles. The van der Waals surface area contributed by atoms with Crippen LogP contribution in [0.3, 0.4) is 0 Å². The Morgan fingerprint density at radius 1 is 1.13 bits per heavy atom. The molecule has 1 amide bonds. The quantitative estimate of drug-likeness (QED) is 0.511. The second-order valence-corrected chi connectivity index (χ2v) is 8.05. The predicted molar refractivity (Wildman–Crippen MR) is 117 cm³/mol. The van der Waals surface area contributed by atoms with E-state index in [1.807, 2.05) is 45.7 Å². The van der Waals surface area contributed by atoms with Gasteiger partial charge in [-0.2, -0.15) is 0 Å². The molecule has 1 saturated carbocycles. The molecule has 1 aliphatic rings. The molecule has 3 aromatic heterocycles. The average Bonchev–Trinajstić information content (AvgIpc) is 3.30. The minimum absolute atomic E-state index is 0.205. The smallest absolute Gasteiger partial charge is 0.256 e. The monoisotopic (exact) mass is 413 g/mol. The van der Waals surface area contributed by atoms with Crippen molar-refractivity contribution in [2.24, 2.45) is 0 Å². The van der Waals surface area contributed by atoms with Crippen LogP contribution in [0.15, 0.2) is 61.3 Å². The van der Waals surface area contributed by atoms with Crippen LogP contribution < -0.4 is 5.32 Å². The third kappa shape index (κ3) is 3.96. The van der Waals surface area contributed by atoms with E-state index in [1.165, 1.54) is 12.8 Å². The number of imidazole rings is 1. The van der Waals surface area contributed by atoms with Crippen LogP contribution in [-0.2, 0) is 0 Å². The summed E-state index contributed by atoms with van der Waals surface area (Å²) in [6, 6.07) is 13.1. The average molecular weight is 413 g/mol. The van der Waals surface area contributed by atoms with Crippen LogP contribution in [0.25, 0.3) is 17.2 Å². The van der Waals surface area contributed by atoms with E-state index in [2.05, 4.69) is 39.3 Å². The zero-order valence-electron chi connectivity index (χ0n) is 17.4. The Bertz CT molecular complexity index is 1240. The van der Waals surface area contributed by atoms with E-state index in [1.54, 1.807) is 24.8 Å². The number of aromatic nitrogens is 6. The number of nitrogens with one attached hydrogen (secondary N) is 1. The molecule has 1 N–H and O–H groups in total. The van der Waals surface area contributed by atoms with Gasteiger partial charge in [0.25, 0.3) is 5.91 Å². The Morgan fingerprint density at radius 2 is 1.97 bits per heavy atom. The number of rotatable bonds is 6. The first-order valence-electron chi connectivity index (χ1n) is 10.4. The van der Waals surface area contributed by atoms with Gasteiger partial charge in [-0.15, -0.1) is 10.2 Å². The Kier molecular flexibility index (Phi) is 4.82. The largest absolute Gasteiger partial charge is 0.310 e. The molecule has 0 unspecified atom stereocenters. The van der Waals surface area contributed by atoms with Gasteiger partial charge in [-0.05, 0) is 57.0 Å². The van der Waals surface area contributed by atoms with E-state index in [0.717, 1.165) is 11.4 Å². The molecular formula is C23H23N7O. The third-order valence-electron chi connectivity index (χ3n) is 5.35. The Hall–Kier alpha value is -3.81. The predicted octanol–water partition coefficient (Wildman–Crippen LogP) is 4.24. The van der Waals surface area contributed by atoms with Crippen molar-refractivity contribution in [3.05, 3.63) is 72.6 Å². The van der Waals surface area contributed by atoms with Gasteiger partial charge in [0.15, 0.2) is 5.82 Å². The van der Waals surface area contributed by atoms with Crippen molar-refractivity contribution in [2.45, 2.75) is 38.6 Å². The number of hydrogen-bond acceptors (Lipinski definition) is 5. The number of amides is 1. The summed E-state index contributed by atoms with van der Waals surface area (Å²) >= 11 is 0. The van der Waals surface area contributed by atoms with Crippen molar-refractivity contribution in [1.82, 2.24) is 29.3 Å². The highest BCUT2D eigenvalue weighted by atomic mass is 16.1. The van der Waals surface area contributed by atoms with Crippen molar-refractivity contribution in [1.29, 1.82) is 0 Å². The molecule has 1 fully saturated rings. The zero-order valence-corrected chi connectivity index (χ0v) is 17.4. The summed E-state index contributed by atoms with van der Waals surface area (Å²) in [5.74, 6) is 1.50. The van der Waals surface area contributed by atoms with E-state index in [4.69, 9.17) is 0 Å². The second-order valence-electron chi connectivity index (χ2n) is 8.05. The third-order valence-corrected chi connectivity index (χ3v) is 5.35. The summed E-state index contributed by atoms with van der Waals surface area (Å²) in [6.07, 6.45) is 7.95. The SMILES string of the molecule is CC(C)n1cnnc1-c1cccc(NC(=O)c2cccc(-n3cnc(C4CC4)c3)c2)n1. The highest BCUT2D eigenvalue weighted by Gasteiger charge is 2.25. The van der Waals surface area contributed by atoms with Crippen LogP contribution in [0.5, 0.6) is 0 Å². The summed E-state index contributed by atoms with van der Waals surface area (Å²) in [5.41, 5.74) is 3.23. The first-order chi connectivity index (χ1) is 15.1. The van der Waals surface area contributed by atoms with Crippen molar-refractivity contribution in [2.75, 3.05) is 5.32 Å². The molecule has 1 aromatic carbocycles. The molecule has 0 saturated heterocycles. The number of carbonyl (C=O) groups excluding carboxylic acids is 1. The maximum absolute atomic E-state index is 12.9. The number of carbonyl (C=O) groups is 1. The summed E-state index contributed by atoms with van der Waals surface area (Å²) in [7, 11) is 0. The van der Waals surface area contributed by atoms with E-state index in [-0.39, 0.29) is 11.9 Å². The summed E-state index contributed by atoms with van der Waals surface area (Å²) in [6.45, 7) is 4.11. The van der Waals surface area contributed by atoms with Crippen molar-refractivity contribution >= 4 is 11.7 Å². The number of anilines is 1. The second kappa shape index (κ2) is 7.79. The summed E-state index contributed by atoms with van der Waals surface area (Å²) < 4.78 is 3.90. The highest BCUT2D eigenvalue weighted by molar-refractivity contribution is 6.04. The number of hydrogen-bond donors (Lipinski definition) is 1. The lowest BCUT2D eigenvalue weighted by molar-refractivity contribution is 0.102. The molecule has 0 radical (unpaired) electrons.